The number of carbonyl (C=O) groups is 1. The molecule has 0 aliphatic carbocycles. The van der Waals surface area contributed by atoms with Gasteiger partial charge in [-0.1, -0.05) is 0 Å². The largest absolute Gasteiger partial charge is 0.465 e. The average molecular weight is 217 g/mol. The van der Waals surface area contributed by atoms with E-state index in [9.17, 15) is 9.90 Å². The number of hydrogen-bond acceptors (Lipinski definition) is 3. The molecule has 0 aromatic heterocycles. The lowest BCUT2D eigenvalue weighted by molar-refractivity contribution is 0.0335. The van der Waals surface area contributed by atoms with Gasteiger partial charge in [0.05, 0.1) is 0 Å². The summed E-state index contributed by atoms with van der Waals surface area (Å²) in [6.45, 7) is 1.19. The van der Waals surface area contributed by atoms with Crippen molar-refractivity contribution >= 4 is 6.09 Å². The van der Waals surface area contributed by atoms with Crippen molar-refractivity contribution in [1.82, 2.24) is 4.90 Å². The van der Waals surface area contributed by atoms with Gasteiger partial charge in [-0.25, -0.2) is 4.79 Å². The molecule has 0 unspecified atom stereocenters. The minimum atomic E-state index is -0.885. The second-order valence-electron chi connectivity index (χ2n) is 4.25. The Balaban J connectivity index is 2.46. The van der Waals surface area contributed by atoms with Crippen LogP contribution in [-0.2, 0) is 0 Å². The van der Waals surface area contributed by atoms with Crippen molar-refractivity contribution < 1.29 is 20.1 Å². The van der Waals surface area contributed by atoms with Crippen molar-refractivity contribution in [2.75, 3.05) is 26.3 Å². The van der Waals surface area contributed by atoms with Crippen LogP contribution < -0.4 is 0 Å². The number of carboxylic acid groups (broad SMARTS) is 1. The Morgan fingerprint density at radius 2 is 1.87 bits per heavy atom. The zero-order valence-electron chi connectivity index (χ0n) is 8.85. The van der Waals surface area contributed by atoms with Crippen LogP contribution in [0.4, 0.5) is 4.79 Å². The molecule has 1 amide bonds. The van der Waals surface area contributed by atoms with E-state index in [0.717, 1.165) is 6.42 Å². The van der Waals surface area contributed by atoms with E-state index < -0.39 is 6.09 Å². The van der Waals surface area contributed by atoms with Crippen molar-refractivity contribution in [2.45, 2.75) is 25.7 Å². The first-order chi connectivity index (χ1) is 7.13. The molecular formula is C10H19NO4. The van der Waals surface area contributed by atoms with E-state index in [-0.39, 0.29) is 18.6 Å². The number of piperidine rings is 1. The molecule has 3 N–H and O–H groups in total. The van der Waals surface area contributed by atoms with E-state index in [1.165, 1.54) is 4.90 Å². The number of amides is 1. The van der Waals surface area contributed by atoms with Crippen LogP contribution >= 0.6 is 0 Å². The molecule has 1 fully saturated rings. The molecule has 0 radical (unpaired) electrons. The first-order valence-electron chi connectivity index (χ1n) is 5.33. The van der Waals surface area contributed by atoms with Gasteiger partial charge in [-0.2, -0.15) is 0 Å². The maximum atomic E-state index is 10.7. The SMILES string of the molecule is O=C(O)N1CCC(CO)(CCCO)CC1. The second-order valence-corrected chi connectivity index (χ2v) is 4.25. The molecule has 1 saturated heterocycles. The molecule has 5 heteroatoms. The molecule has 15 heavy (non-hydrogen) atoms. The Labute approximate surface area is 89.3 Å². The number of nitrogens with zero attached hydrogens (tertiary/aromatic N) is 1. The first-order valence-corrected chi connectivity index (χ1v) is 5.33. The summed E-state index contributed by atoms with van der Waals surface area (Å²) in [7, 11) is 0. The molecule has 0 atom stereocenters. The number of aliphatic hydroxyl groups is 2. The van der Waals surface area contributed by atoms with Gasteiger partial charge in [0, 0.05) is 26.3 Å². The van der Waals surface area contributed by atoms with Gasteiger partial charge >= 0.3 is 6.09 Å². The Hall–Kier alpha value is -0.810. The van der Waals surface area contributed by atoms with Gasteiger partial charge in [0.15, 0.2) is 0 Å². The Bertz CT molecular complexity index is 211. The van der Waals surface area contributed by atoms with Crippen LogP contribution in [0, 0.1) is 5.41 Å². The maximum absolute atomic E-state index is 10.7. The minimum absolute atomic E-state index is 0.0838. The second kappa shape index (κ2) is 5.32. The molecule has 1 heterocycles. The Kier molecular flexibility index (Phi) is 4.35. The molecule has 0 spiro atoms. The van der Waals surface area contributed by atoms with Crippen LogP contribution in [0.15, 0.2) is 0 Å². The molecule has 1 aliphatic rings. The van der Waals surface area contributed by atoms with Crippen LogP contribution in [0.2, 0.25) is 0 Å². The quantitative estimate of drug-likeness (QED) is 0.641. The highest BCUT2D eigenvalue weighted by Gasteiger charge is 2.34. The van der Waals surface area contributed by atoms with Crippen molar-refractivity contribution in [1.29, 1.82) is 0 Å². The third kappa shape index (κ3) is 3.07. The molecule has 1 rings (SSSR count). The summed E-state index contributed by atoms with van der Waals surface area (Å²) >= 11 is 0. The highest BCUT2D eigenvalue weighted by Crippen LogP contribution is 2.35. The standard InChI is InChI=1S/C10H19NO4/c12-7-1-2-10(8-13)3-5-11(6-4-10)9(14)15/h12-13H,1-8H2,(H,14,15). The van der Waals surface area contributed by atoms with E-state index in [0.29, 0.717) is 32.4 Å². The van der Waals surface area contributed by atoms with Crippen molar-refractivity contribution in [3.8, 4) is 0 Å². The molecular weight excluding hydrogens is 198 g/mol. The van der Waals surface area contributed by atoms with Crippen molar-refractivity contribution in [2.24, 2.45) is 5.41 Å². The van der Waals surface area contributed by atoms with Gasteiger partial charge in [-0.3, -0.25) is 0 Å². The fraction of sp³-hybridized carbons (Fsp3) is 0.900. The molecule has 5 nitrogen and oxygen atoms in total. The van der Waals surface area contributed by atoms with Crippen molar-refractivity contribution in [3.63, 3.8) is 0 Å². The lowest BCUT2D eigenvalue weighted by Gasteiger charge is -2.39. The van der Waals surface area contributed by atoms with Crippen LogP contribution in [-0.4, -0.2) is 52.6 Å². The van der Waals surface area contributed by atoms with Gasteiger partial charge in [-0.05, 0) is 31.1 Å². The zero-order chi connectivity index (χ0) is 11.3. The number of rotatable bonds is 4. The fourth-order valence-corrected chi connectivity index (χ4v) is 2.11. The summed E-state index contributed by atoms with van der Waals surface area (Å²) < 4.78 is 0. The van der Waals surface area contributed by atoms with E-state index in [2.05, 4.69) is 0 Å². The lowest BCUT2D eigenvalue weighted by Crippen LogP contribution is -2.44. The fourth-order valence-electron chi connectivity index (χ4n) is 2.11. The number of likely N-dealkylation sites (tertiary alicyclic amines) is 1. The van der Waals surface area contributed by atoms with Crippen LogP contribution in [0.3, 0.4) is 0 Å². The Morgan fingerprint density at radius 1 is 1.27 bits per heavy atom. The predicted molar refractivity (Wildman–Crippen MR) is 54.7 cm³/mol. The maximum Gasteiger partial charge on any atom is 0.407 e. The van der Waals surface area contributed by atoms with Crippen molar-refractivity contribution in [3.05, 3.63) is 0 Å². The van der Waals surface area contributed by atoms with Crippen LogP contribution in [0.25, 0.3) is 0 Å². The molecule has 88 valence electrons. The third-order valence-electron chi connectivity index (χ3n) is 3.30. The van der Waals surface area contributed by atoms with Gasteiger partial charge < -0.3 is 20.2 Å². The molecule has 0 saturated carbocycles. The van der Waals surface area contributed by atoms with E-state index in [1.54, 1.807) is 0 Å². The predicted octanol–water partition coefficient (Wildman–Crippen LogP) is 0.511. The van der Waals surface area contributed by atoms with E-state index >= 15 is 0 Å². The molecule has 1 aliphatic heterocycles. The topological polar surface area (TPSA) is 81.0 Å². The van der Waals surface area contributed by atoms with Gasteiger partial charge in [0.1, 0.15) is 0 Å². The summed E-state index contributed by atoms with van der Waals surface area (Å²) in [5.74, 6) is 0. The molecule has 0 aromatic carbocycles. The monoisotopic (exact) mass is 217 g/mol. The average Bonchev–Trinajstić information content (AvgIpc) is 2.27. The third-order valence-corrected chi connectivity index (χ3v) is 3.30. The molecule has 0 aromatic rings. The highest BCUT2D eigenvalue weighted by atomic mass is 16.4. The smallest absolute Gasteiger partial charge is 0.407 e. The highest BCUT2D eigenvalue weighted by molar-refractivity contribution is 5.65. The van der Waals surface area contributed by atoms with E-state index in [1.807, 2.05) is 0 Å². The summed E-state index contributed by atoms with van der Waals surface area (Å²) in [5, 5.41) is 26.9. The van der Waals surface area contributed by atoms with Gasteiger partial charge in [0.25, 0.3) is 0 Å². The Morgan fingerprint density at radius 3 is 2.27 bits per heavy atom. The number of hydrogen-bond donors (Lipinski definition) is 3. The van der Waals surface area contributed by atoms with E-state index in [4.69, 9.17) is 10.2 Å². The summed E-state index contributed by atoms with van der Waals surface area (Å²) in [5.41, 5.74) is -0.172. The van der Waals surface area contributed by atoms with Crippen LogP contribution in [0.1, 0.15) is 25.7 Å². The number of aliphatic hydroxyl groups excluding tert-OH is 2. The normalized spacial score (nSPS) is 20.3. The molecule has 0 bridgehead atoms. The first kappa shape index (κ1) is 12.3. The van der Waals surface area contributed by atoms with Crippen LogP contribution in [0.5, 0.6) is 0 Å². The summed E-state index contributed by atoms with van der Waals surface area (Å²) in [4.78, 5) is 12.1. The summed E-state index contributed by atoms with van der Waals surface area (Å²) in [6.07, 6.45) is 1.94. The zero-order valence-corrected chi connectivity index (χ0v) is 8.85. The van der Waals surface area contributed by atoms with Gasteiger partial charge in [0.2, 0.25) is 0 Å². The summed E-state index contributed by atoms with van der Waals surface area (Å²) in [6, 6.07) is 0. The van der Waals surface area contributed by atoms with Gasteiger partial charge in [-0.15, -0.1) is 0 Å². The minimum Gasteiger partial charge on any atom is -0.465 e. The lowest BCUT2D eigenvalue weighted by atomic mass is 9.75.